The molecule has 100 valence electrons. The molecule has 0 radical (unpaired) electrons. The van der Waals surface area contributed by atoms with Crippen molar-refractivity contribution in [2.45, 2.75) is 19.4 Å². The third-order valence-electron chi connectivity index (χ3n) is 3.43. The van der Waals surface area contributed by atoms with E-state index in [0.717, 1.165) is 30.6 Å². The number of benzene rings is 1. The molecule has 1 aromatic carbocycles. The lowest BCUT2D eigenvalue weighted by Gasteiger charge is -2.19. The lowest BCUT2D eigenvalue weighted by Crippen LogP contribution is -2.22. The Balaban J connectivity index is 1.85. The lowest BCUT2D eigenvalue weighted by atomic mass is 10.0. The van der Waals surface area contributed by atoms with E-state index in [2.05, 4.69) is 38.5 Å². The van der Waals surface area contributed by atoms with Crippen molar-refractivity contribution in [3.8, 4) is 0 Å². The minimum atomic E-state index is 0.803. The van der Waals surface area contributed by atoms with Crippen molar-refractivity contribution in [2.24, 2.45) is 0 Å². The molecule has 1 aliphatic rings. The molecule has 0 spiro atoms. The second kappa shape index (κ2) is 5.17. The molecule has 2 heterocycles. The Bertz CT molecular complexity index is 564. The van der Waals surface area contributed by atoms with Crippen LogP contribution in [0.2, 0.25) is 0 Å². The summed E-state index contributed by atoms with van der Waals surface area (Å²) in [6.07, 6.45) is 2.33. The highest BCUT2D eigenvalue weighted by Crippen LogP contribution is 2.26. The normalized spacial score (nSPS) is 14.9. The van der Waals surface area contributed by atoms with Crippen molar-refractivity contribution in [3.63, 3.8) is 0 Å². The Labute approximate surface area is 117 Å². The van der Waals surface area contributed by atoms with E-state index in [0.29, 0.717) is 0 Å². The van der Waals surface area contributed by atoms with Crippen molar-refractivity contribution >= 4 is 22.6 Å². The summed E-state index contributed by atoms with van der Waals surface area (Å²) in [5.74, 6) is 0.803. The zero-order valence-corrected chi connectivity index (χ0v) is 12.2. The molecule has 2 aromatic rings. The van der Waals surface area contributed by atoms with Gasteiger partial charge >= 0.3 is 0 Å². The second-order valence-corrected chi connectivity index (χ2v) is 5.80. The number of rotatable bonds is 2. The summed E-state index contributed by atoms with van der Waals surface area (Å²) in [4.78, 5) is 8.90. The van der Waals surface area contributed by atoms with E-state index < -0.39 is 0 Å². The number of nitrogens with zero attached hydrogens (tertiary/aromatic N) is 4. The fraction of sp³-hybridized carbons (Fsp3) is 0.429. The largest absolute Gasteiger partial charge is 0.346 e. The number of fused-ring (bicyclic) bond motifs is 1. The van der Waals surface area contributed by atoms with E-state index in [-0.39, 0.29) is 0 Å². The summed E-state index contributed by atoms with van der Waals surface area (Å²) in [5, 5.41) is 1.03. The number of aryl methyl sites for hydroxylation is 1. The van der Waals surface area contributed by atoms with Crippen LogP contribution in [0.5, 0.6) is 0 Å². The van der Waals surface area contributed by atoms with Crippen molar-refractivity contribution < 1.29 is 0 Å². The first-order valence-electron chi connectivity index (χ1n) is 6.57. The van der Waals surface area contributed by atoms with E-state index in [1.54, 1.807) is 0 Å². The van der Waals surface area contributed by atoms with Crippen LogP contribution in [0, 0.1) is 0 Å². The van der Waals surface area contributed by atoms with Crippen LogP contribution in [0.1, 0.15) is 17.5 Å². The van der Waals surface area contributed by atoms with Crippen molar-refractivity contribution in [1.29, 1.82) is 0 Å². The SMILES string of the molecule is CN(C)c1nsc(N2CCCc3ccccc3C2)n1. The predicted octanol–water partition coefficient (Wildman–Crippen LogP) is 2.56. The van der Waals surface area contributed by atoms with Crippen LogP contribution in [0.4, 0.5) is 11.1 Å². The predicted molar refractivity (Wildman–Crippen MR) is 80.0 cm³/mol. The Kier molecular flexibility index (Phi) is 3.38. The second-order valence-electron chi connectivity index (χ2n) is 5.07. The lowest BCUT2D eigenvalue weighted by molar-refractivity contribution is 0.762. The first-order valence-corrected chi connectivity index (χ1v) is 7.34. The number of hydrogen-bond acceptors (Lipinski definition) is 5. The zero-order chi connectivity index (χ0) is 13.2. The molecule has 0 bridgehead atoms. The maximum Gasteiger partial charge on any atom is 0.238 e. The maximum absolute atomic E-state index is 4.61. The van der Waals surface area contributed by atoms with Gasteiger partial charge in [0, 0.05) is 38.7 Å². The zero-order valence-electron chi connectivity index (χ0n) is 11.3. The van der Waals surface area contributed by atoms with Crippen LogP contribution in [-0.2, 0) is 13.0 Å². The van der Waals surface area contributed by atoms with Gasteiger partial charge in [-0.05, 0) is 24.0 Å². The summed E-state index contributed by atoms with van der Waals surface area (Å²) in [6, 6.07) is 8.71. The van der Waals surface area contributed by atoms with Gasteiger partial charge in [0.05, 0.1) is 0 Å². The number of hydrogen-bond donors (Lipinski definition) is 0. The molecule has 3 rings (SSSR count). The number of aromatic nitrogens is 2. The average Bonchev–Trinajstić information content (AvgIpc) is 2.80. The Hall–Kier alpha value is -1.62. The molecule has 0 amide bonds. The average molecular weight is 274 g/mol. The fourth-order valence-electron chi connectivity index (χ4n) is 2.38. The van der Waals surface area contributed by atoms with Gasteiger partial charge in [-0.1, -0.05) is 24.3 Å². The Morgan fingerprint density at radius 3 is 2.74 bits per heavy atom. The van der Waals surface area contributed by atoms with Gasteiger partial charge in [-0.3, -0.25) is 0 Å². The van der Waals surface area contributed by atoms with Crippen LogP contribution in [-0.4, -0.2) is 30.0 Å². The molecule has 0 atom stereocenters. The molecule has 1 aliphatic heterocycles. The van der Waals surface area contributed by atoms with Crippen LogP contribution in [0.25, 0.3) is 0 Å². The van der Waals surface area contributed by atoms with Crippen molar-refractivity contribution in [3.05, 3.63) is 35.4 Å². The highest BCUT2D eigenvalue weighted by Gasteiger charge is 2.18. The van der Waals surface area contributed by atoms with Crippen LogP contribution < -0.4 is 9.80 Å². The molecule has 0 saturated heterocycles. The van der Waals surface area contributed by atoms with Gasteiger partial charge in [0.1, 0.15) is 0 Å². The van der Waals surface area contributed by atoms with Gasteiger partial charge in [0.2, 0.25) is 11.1 Å². The van der Waals surface area contributed by atoms with Crippen molar-refractivity contribution in [2.75, 3.05) is 30.4 Å². The van der Waals surface area contributed by atoms with Gasteiger partial charge in [-0.15, -0.1) is 0 Å². The minimum absolute atomic E-state index is 0.803. The first kappa shape index (κ1) is 12.4. The van der Waals surface area contributed by atoms with Gasteiger partial charge in [-0.25, -0.2) is 0 Å². The first-order chi connectivity index (χ1) is 9.24. The topological polar surface area (TPSA) is 32.3 Å². The molecule has 0 N–H and O–H groups in total. The third kappa shape index (κ3) is 2.56. The minimum Gasteiger partial charge on any atom is -0.346 e. The Morgan fingerprint density at radius 2 is 2.00 bits per heavy atom. The molecule has 5 heteroatoms. The Morgan fingerprint density at radius 1 is 1.21 bits per heavy atom. The van der Waals surface area contributed by atoms with E-state index in [1.165, 1.54) is 29.1 Å². The molecule has 19 heavy (non-hydrogen) atoms. The maximum atomic E-state index is 4.61. The van der Waals surface area contributed by atoms with Gasteiger partial charge in [0.15, 0.2) is 0 Å². The summed E-state index contributed by atoms with van der Waals surface area (Å²) in [5.41, 5.74) is 2.89. The molecule has 0 unspecified atom stereocenters. The standard InChI is InChI=1S/C14H18N4S/c1-17(2)13-15-14(19-16-13)18-9-5-8-11-6-3-4-7-12(11)10-18/h3-4,6-7H,5,8-10H2,1-2H3. The summed E-state index contributed by atoms with van der Waals surface area (Å²) >= 11 is 1.49. The monoisotopic (exact) mass is 274 g/mol. The van der Waals surface area contributed by atoms with Crippen molar-refractivity contribution in [1.82, 2.24) is 9.36 Å². The molecule has 0 aliphatic carbocycles. The van der Waals surface area contributed by atoms with Crippen LogP contribution in [0.3, 0.4) is 0 Å². The summed E-state index contributed by atoms with van der Waals surface area (Å²) < 4.78 is 4.39. The molecule has 0 saturated carbocycles. The quantitative estimate of drug-likeness (QED) is 0.842. The highest BCUT2D eigenvalue weighted by molar-refractivity contribution is 7.09. The molecular formula is C14H18N4S. The third-order valence-corrected chi connectivity index (χ3v) is 4.20. The van der Waals surface area contributed by atoms with E-state index in [9.17, 15) is 0 Å². The molecule has 0 fully saturated rings. The molecular weight excluding hydrogens is 256 g/mol. The smallest absolute Gasteiger partial charge is 0.238 e. The van der Waals surface area contributed by atoms with Gasteiger partial charge in [-0.2, -0.15) is 9.36 Å². The van der Waals surface area contributed by atoms with E-state index in [1.807, 2.05) is 19.0 Å². The summed E-state index contributed by atoms with van der Waals surface area (Å²) in [7, 11) is 3.95. The van der Waals surface area contributed by atoms with Gasteiger partial charge < -0.3 is 9.80 Å². The molecule has 4 nitrogen and oxygen atoms in total. The fourth-order valence-corrected chi connectivity index (χ4v) is 3.14. The van der Waals surface area contributed by atoms with Crippen LogP contribution >= 0.6 is 11.5 Å². The van der Waals surface area contributed by atoms with Crippen LogP contribution in [0.15, 0.2) is 24.3 Å². The summed E-state index contributed by atoms with van der Waals surface area (Å²) in [6.45, 7) is 2.00. The van der Waals surface area contributed by atoms with Gasteiger partial charge in [0.25, 0.3) is 0 Å². The number of anilines is 2. The van der Waals surface area contributed by atoms with E-state index in [4.69, 9.17) is 0 Å². The highest BCUT2D eigenvalue weighted by atomic mass is 32.1. The molecule has 1 aromatic heterocycles. The van der Waals surface area contributed by atoms with E-state index >= 15 is 0 Å².